The second kappa shape index (κ2) is 5.35. The molecule has 1 fully saturated rings. The van der Waals surface area contributed by atoms with E-state index in [0.717, 1.165) is 24.2 Å². The number of nitro groups is 1. The summed E-state index contributed by atoms with van der Waals surface area (Å²) < 4.78 is 0. The molecule has 0 saturated carbocycles. The van der Waals surface area contributed by atoms with E-state index >= 15 is 0 Å². The van der Waals surface area contributed by atoms with Crippen LogP contribution in [0.1, 0.15) is 28.9 Å². The van der Waals surface area contributed by atoms with Crippen molar-refractivity contribution in [2.45, 2.75) is 25.3 Å². The van der Waals surface area contributed by atoms with Gasteiger partial charge in [0.25, 0.3) is 5.91 Å². The molecule has 0 radical (unpaired) electrons. The van der Waals surface area contributed by atoms with Crippen LogP contribution in [0.25, 0.3) is 0 Å². The van der Waals surface area contributed by atoms with Gasteiger partial charge in [0.1, 0.15) is 6.04 Å². The third kappa shape index (κ3) is 2.73. The summed E-state index contributed by atoms with van der Waals surface area (Å²) in [5, 5.41) is 19.6. The lowest BCUT2D eigenvalue weighted by Gasteiger charge is -2.32. The predicted octanol–water partition coefficient (Wildman–Crippen LogP) is 1.74. The van der Waals surface area contributed by atoms with E-state index in [-0.39, 0.29) is 9.88 Å². The average molecular weight is 284 g/mol. The van der Waals surface area contributed by atoms with Crippen molar-refractivity contribution >= 4 is 28.2 Å². The molecule has 0 spiro atoms. The van der Waals surface area contributed by atoms with Crippen LogP contribution in [0.4, 0.5) is 5.00 Å². The van der Waals surface area contributed by atoms with Gasteiger partial charge in [-0.3, -0.25) is 14.9 Å². The van der Waals surface area contributed by atoms with Crippen LogP contribution < -0.4 is 0 Å². The summed E-state index contributed by atoms with van der Waals surface area (Å²) in [6.45, 7) is 0.376. The van der Waals surface area contributed by atoms with E-state index < -0.39 is 22.8 Å². The molecule has 7 nitrogen and oxygen atoms in total. The third-order valence-corrected chi connectivity index (χ3v) is 4.06. The maximum Gasteiger partial charge on any atom is 0.326 e. The minimum atomic E-state index is -1.03. The number of carboxylic acid groups (broad SMARTS) is 1. The molecule has 1 aliphatic heterocycles. The van der Waals surface area contributed by atoms with Crippen molar-refractivity contribution in [2.75, 3.05) is 6.54 Å². The van der Waals surface area contributed by atoms with Gasteiger partial charge in [0.05, 0.1) is 9.80 Å². The van der Waals surface area contributed by atoms with E-state index in [2.05, 4.69) is 0 Å². The summed E-state index contributed by atoms with van der Waals surface area (Å²) >= 11 is 0.773. The molecular formula is C11H12N2O5S. The largest absolute Gasteiger partial charge is 0.480 e. The quantitative estimate of drug-likeness (QED) is 0.673. The average Bonchev–Trinajstić information content (AvgIpc) is 2.87. The molecule has 0 unspecified atom stereocenters. The number of thiophene rings is 1. The Hall–Kier alpha value is -1.96. The van der Waals surface area contributed by atoms with Gasteiger partial charge in [-0.1, -0.05) is 11.3 Å². The van der Waals surface area contributed by atoms with Gasteiger partial charge in [0.15, 0.2) is 0 Å². The molecule has 1 N–H and O–H groups in total. The zero-order valence-corrected chi connectivity index (χ0v) is 10.8. The van der Waals surface area contributed by atoms with Gasteiger partial charge in [-0.15, -0.1) is 0 Å². The van der Waals surface area contributed by atoms with Crippen molar-refractivity contribution in [2.24, 2.45) is 0 Å². The number of amides is 1. The van der Waals surface area contributed by atoms with Gasteiger partial charge < -0.3 is 10.0 Å². The van der Waals surface area contributed by atoms with Gasteiger partial charge >= 0.3 is 11.0 Å². The summed E-state index contributed by atoms with van der Waals surface area (Å²) in [6, 6.07) is 1.80. The molecule has 1 saturated heterocycles. The molecule has 1 aromatic heterocycles. The lowest BCUT2D eigenvalue weighted by Crippen LogP contribution is -2.47. The summed E-state index contributed by atoms with van der Waals surface area (Å²) in [4.78, 5) is 34.8. The number of carbonyl (C=O) groups is 2. The molecule has 0 aliphatic carbocycles. The van der Waals surface area contributed by atoms with Gasteiger partial charge in [-0.2, -0.15) is 0 Å². The van der Waals surface area contributed by atoms with Crippen LogP contribution >= 0.6 is 11.3 Å². The highest BCUT2D eigenvalue weighted by molar-refractivity contribution is 7.17. The normalized spacial score (nSPS) is 19.2. The number of rotatable bonds is 3. The standard InChI is InChI=1S/C11H12N2O5S/c14-10(8-4-5-9(19-8)13(17)18)12-6-2-1-3-7(12)11(15)16/h4-5,7H,1-3,6H2,(H,15,16)/t7-/m0/s1. The first-order valence-electron chi connectivity index (χ1n) is 5.78. The van der Waals surface area contributed by atoms with Gasteiger partial charge in [-0.25, -0.2) is 4.79 Å². The van der Waals surface area contributed by atoms with E-state index in [1.165, 1.54) is 17.0 Å². The Bertz CT molecular complexity index is 527. The number of carboxylic acids is 1. The summed E-state index contributed by atoms with van der Waals surface area (Å²) in [7, 11) is 0. The van der Waals surface area contributed by atoms with Crippen molar-refractivity contribution in [1.29, 1.82) is 0 Å². The Balaban J connectivity index is 2.21. The topological polar surface area (TPSA) is 101 Å². The monoisotopic (exact) mass is 284 g/mol. The number of carbonyl (C=O) groups excluding carboxylic acids is 1. The summed E-state index contributed by atoms with van der Waals surface area (Å²) in [5.41, 5.74) is 0. The number of hydrogen-bond donors (Lipinski definition) is 1. The van der Waals surface area contributed by atoms with Gasteiger partial charge in [0.2, 0.25) is 0 Å². The van der Waals surface area contributed by atoms with Crippen LogP contribution in [0.5, 0.6) is 0 Å². The van der Waals surface area contributed by atoms with Crippen molar-refractivity contribution in [3.8, 4) is 0 Å². The Morgan fingerprint density at radius 3 is 2.74 bits per heavy atom. The highest BCUT2D eigenvalue weighted by Crippen LogP contribution is 2.27. The smallest absolute Gasteiger partial charge is 0.326 e. The molecule has 1 atom stereocenters. The fourth-order valence-electron chi connectivity index (χ4n) is 2.11. The maximum absolute atomic E-state index is 12.2. The highest BCUT2D eigenvalue weighted by Gasteiger charge is 2.33. The minimum absolute atomic E-state index is 0.118. The van der Waals surface area contributed by atoms with Crippen LogP contribution in [-0.2, 0) is 4.79 Å². The molecule has 8 heteroatoms. The Morgan fingerprint density at radius 2 is 2.16 bits per heavy atom. The SMILES string of the molecule is O=C(O)[C@@H]1CCCCN1C(=O)c1ccc([N+](=O)[O-])s1. The minimum Gasteiger partial charge on any atom is -0.480 e. The Kier molecular flexibility index (Phi) is 3.79. The summed E-state index contributed by atoms with van der Waals surface area (Å²) in [5.74, 6) is -1.47. The van der Waals surface area contributed by atoms with Gasteiger partial charge in [0, 0.05) is 12.6 Å². The molecule has 102 valence electrons. The van der Waals surface area contributed by atoms with Crippen molar-refractivity contribution in [3.05, 3.63) is 27.1 Å². The molecule has 1 amide bonds. The first-order valence-corrected chi connectivity index (χ1v) is 6.60. The lowest BCUT2D eigenvalue weighted by atomic mass is 10.0. The number of likely N-dealkylation sites (tertiary alicyclic amines) is 1. The maximum atomic E-state index is 12.2. The number of piperidine rings is 1. The van der Waals surface area contributed by atoms with E-state index in [0.29, 0.717) is 13.0 Å². The molecule has 1 aromatic rings. The molecule has 0 aromatic carbocycles. The first-order chi connectivity index (χ1) is 9.00. The molecule has 0 bridgehead atoms. The zero-order chi connectivity index (χ0) is 14.0. The van der Waals surface area contributed by atoms with Crippen LogP contribution in [0, 0.1) is 10.1 Å². The van der Waals surface area contributed by atoms with E-state index in [4.69, 9.17) is 5.11 Å². The molecular weight excluding hydrogens is 272 g/mol. The van der Waals surface area contributed by atoms with Crippen LogP contribution in [0.3, 0.4) is 0 Å². The second-order valence-electron chi connectivity index (χ2n) is 4.24. The van der Waals surface area contributed by atoms with E-state index in [1.54, 1.807) is 0 Å². The third-order valence-electron chi connectivity index (χ3n) is 3.03. The number of hydrogen-bond acceptors (Lipinski definition) is 5. The molecule has 19 heavy (non-hydrogen) atoms. The Morgan fingerprint density at radius 1 is 1.42 bits per heavy atom. The van der Waals surface area contributed by atoms with E-state index in [1.807, 2.05) is 0 Å². The fourth-order valence-corrected chi connectivity index (χ4v) is 2.89. The Labute approximate surface area is 112 Å². The second-order valence-corrected chi connectivity index (χ2v) is 5.31. The predicted molar refractivity (Wildman–Crippen MR) is 67.3 cm³/mol. The first kappa shape index (κ1) is 13.5. The van der Waals surface area contributed by atoms with Crippen LogP contribution in [-0.4, -0.2) is 39.4 Å². The summed E-state index contributed by atoms with van der Waals surface area (Å²) in [6.07, 6.45) is 1.95. The van der Waals surface area contributed by atoms with Crippen molar-refractivity contribution < 1.29 is 19.6 Å². The molecule has 1 aliphatic rings. The highest BCUT2D eigenvalue weighted by atomic mass is 32.1. The van der Waals surface area contributed by atoms with Crippen LogP contribution in [0.15, 0.2) is 12.1 Å². The fraction of sp³-hybridized carbons (Fsp3) is 0.455. The zero-order valence-electron chi connectivity index (χ0n) is 9.94. The van der Waals surface area contributed by atoms with E-state index in [9.17, 15) is 19.7 Å². The number of aliphatic carboxylic acids is 1. The lowest BCUT2D eigenvalue weighted by molar-refractivity contribution is -0.380. The molecule has 2 rings (SSSR count). The van der Waals surface area contributed by atoms with Crippen LogP contribution in [0.2, 0.25) is 0 Å². The van der Waals surface area contributed by atoms with Crippen molar-refractivity contribution in [1.82, 2.24) is 4.90 Å². The molecule has 2 heterocycles. The van der Waals surface area contributed by atoms with Gasteiger partial charge in [-0.05, 0) is 25.3 Å². The number of nitrogens with zero attached hydrogens (tertiary/aromatic N) is 2. The van der Waals surface area contributed by atoms with Crippen molar-refractivity contribution in [3.63, 3.8) is 0 Å².